The van der Waals surface area contributed by atoms with E-state index >= 15 is 0 Å². The Kier molecular flexibility index (Phi) is 3.94. The molecule has 1 aromatic rings. The number of piperazine rings is 1. The summed E-state index contributed by atoms with van der Waals surface area (Å²) in [5.41, 5.74) is 0.779. The third kappa shape index (κ3) is 2.50. The molecule has 3 rings (SSSR count). The van der Waals surface area contributed by atoms with Crippen LogP contribution in [-0.2, 0) is 4.79 Å². The van der Waals surface area contributed by atoms with Gasteiger partial charge in [0.05, 0.1) is 43.9 Å². The van der Waals surface area contributed by atoms with Crippen LogP contribution in [0.1, 0.15) is 27.6 Å². The van der Waals surface area contributed by atoms with Gasteiger partial charge in [0, 0.05) is 0 Å². The number of quaternary nitrogens is 1. The number of nitrogens with zero attached hydrogens (tertiary/aromatic N) is 2. The monoisotopic (exact) mass is 302 g/mol. The van der Waals surface area contributed by atoms with E-state index in [0.717, 1.165) is 24.5 Å². The Labute approximate surface area is 129 Å². The van der Waals surface area contributed by atoms with Crippen LogP contribution in [0.25, 0.3) is 0 Å². The molecule has 2 aliphatic heterocycles. The number of fused-ring (bicyclic) bond motifs is 1. The van der Waals surface area contributed by atoms with Crippen LogP contribution in [0, 0.1) is 0 Å². The average molecular weight is 302 g/mol. The number of hydrogen-bond acceptors (Lipinski definition) is 3. The summed E-state index contributed by atoms with van der Waals surface area (Å²) in [4.78, 5) is 41.2. The van der Waals surface area contributed by atoms with E-state index in [0.29, 0.717) is 24.2 Å². The normalized spacial score (nSPS) is 18.8. The van der Waals surface area contributed by atoms with E-state index in [4.69, 9.17) is 0 Å². The highest BCUT2D eigenvalue weighted by molar-refractivity contribution is 6.22. The number of hydrogen-bond donors (Lipinski definition) is 1. The van der Waals surface area contributed by atoms with E-state index in [-0.39, 0.29) is 24.3 Å². The van der Waals surface area contributed by atoms with Gasteiger partial charge in [-0.2, -0.15) is 0 Å². The van der Waals surface area contributed by atoms with Gasteiger partial charge in [-0.25, -0.2) is 0 Å². The Balaban J connectivity index is 1.66. The smallest absolute Gasteiger partial charge is 0.262 e. The lowest BCUT2D eigenvalue weighted by atomic mass is 10.1. The van der Waals surface area contributed by atoms with Crippen molar-refractivity contribution in [1.82, 2.24) is 9.80 Å². The first-order valence-corrected chi connectivity index (χ1v) is 7.68. The van der Waals surface area contributed by atoms with Crippen LogP contribution in [0.2, 0.25) is 0 Å². The Morgan fingerprint density at radius 3 is 2.14 bits per heavy atom. The fourth-order valence-electron chi connectivity index (χ4n) is 3.04. The number of benzene rings is 1. The van der Waals surface area contributed by atoms with Gasteiger partial charge in [0.2, 0.25) is 5.91 Å². The summed E-state index contributed by atoms with van der Waals surface area (Å²) < 4.78 is 0. The molecule has 0 bridgehead atoms. The van der Waals surface area contributed by atoms with Crippen molar-refractivity contribution >= 4 is 17.7 Å². The lowest BCUT2D eigenvalue weighted by molar-refractivity contribution is -0.902. The zero-order valence-electron chi connectivity index (χ0n) is 12.7. The molecule has 1 saturated heterocycles. The minimum Gasteiger partial charge on any atom is -0.332 e. The Morgan fingerprint density at radius 1 is 1.09 bits per heavy atom. The average Bonchev–Trinajstić information content (AvgIpc) is 2.80. The summed E-state index contributed by atoms with van der Waals surface area (Å²) >= 11 is 0. The van der Waals surface area contributed by atoms with Crippen molar-refractivity contribution in [3.8, 4) is 0 Å². The zero-order valence-corrected chi connectivity index (χ0v) is 12.7. The van der Waals surface area contributed by atoms with Gasteiger partial charge in [-0.3, -0.25) is 19.3 Å². The van der Waals surface area contributed by atoms with E-state index in [9.17, 15) is 14.4 Å². The molecular weight excluding hydrogens is 282 g/mol. The van der Waals surface area contributed by atoms with Gasteiger partial charge in [-0.1, -0.05) is 12.1 Å². The largest absolute Gasteiger partial charge is 0.332 e. The molecule has 0 saturated carbocycles. The second-order valence-corrected chi connectivity index (χ2v) is 5.73. The van der Waals surface area contributed by atoms with Crippen molar-refractivity contribution in [3.05, 3.63) is 35.4 Å². The third-order valence-corrected chi connectivity index (χ3v) is 4.49. The van der Waals surface area contributed by atoms with Crippen LogP contribution in [0.15, 0.2) is 24.3 Å². The molecule has 6 heteroatoms. The number of likely N-dealkylation sites (N-methyl/N-ethyl adjacent to an activating group) is 1. The summed E-state index contributed by atoms with van der Waals surface area (Å²) in [7, 11) is 0. The standard InChI is InChI=1S/C16H19N3O3/c1-2-17-7-9-18(10-8-17)14(20)11-19-15(21)12-5-3-4-6-13(12)16(19)22/h3-6H,2,7-11H2,1H3/p+1. The fourth-order valence-corrected chi connectivity index (χ4v) is 3.04. The summed E-state index contributed by atoms with van der Waals surface area (Å²) in [5, 5.41) is 0. The predicted molar refractivity (Wildman–Crippen MR) is 79.6 cm³/mol. The molecule has 22 heavy (non-hydrogen) atoms. The molecule has 0 unspecified atom stereocenters. The molecule has 0 radical (unpaired) electrons. The Morgan fingerprint density at radius 2 is 1.64 bits per heavy atom. The second kappa shape index (κ2) is 5.88. The maximum atomic E-state index is 12.4. The van der Waals surface area contributed by atoms with Crippen molar-refractivity contribution in [2.45, 2.75) is 6.92 Å². The lowest BCUT2D eigenvalue weighted by Gasteiger charge is -2.32. The maximum absolute atomic E-state index is 12.4. The number of carbonyl (C=O) groups excluding carboxylic acids is 3. The molecule has 1 aromatic carbocycles. The molecule has 2 heterocycles. The number of rotatable bonds is 3. The summed E-state index contributed by atoms with van der Waals surface area (Å²) in [5.74, 6) is -0.886. The summed E-state index contributed by atoms with van der Waals surface area (Å²) in [6.45, 7) is 6.24. The number of carbonyl (C=O) groups is 3. The SMILES string of the molecule is CC[NH+]1CCN(C(=O)CN2C(=O)c3ccccc3C2=O)CC1. The van der Waals surface area contributed by atoms with Crippen molar-refractivity contribution in [2.75, 3.05) is 39.3 Å². The number of nitrogens with one attached hydrogen (secondary N) is 1. The Bertz CT molecular complexity index is 586. The van der Waals surface area contributed by atoms with Crippen LogP contribution in [0.5, 0.6) is 0 Å². The first kappa shape index (κ1) is 14.7. The maximum Gasteiger partial charge on any atom is 0.262 e. The molecule has 0 aliphatic carbocycles. The molecule has 116 valence electrons. The Hall–Kier alpha value is -2.21. The van der Waals surface area contributed by atoms with Gasteiger partial charge in [0.15, 0.2) is 0 Å². The quantitative estimate of drug-likeness (QED) is 0.731. The van der Waals surface area contributed by atoms with Crippen LogP contribution in [0.3, 0.4) is 0 Å². The van der Waals surface area contributed by atoms with Gasteiger partial charge >= 0.3 is 0 Å². The van der Waals surface area contributed by atoms with Gasteiger partial charge in [-0.15, -0.1) is 0 Å². The highest BCUT2D eigenvalue weighted by Gasteiger charge is 2.37. The van der Waals surface area contributed by atoms with Crippen molar-refractivity contribution in [3.63, 3.8) is 0 Å². The number of amides is 3. The van der Waals surface area contributed by atoms with Gasteiger partial charge < -0.3 is 9.80 Å². The van der Waals surface area contributed by atoms with Crippen LogP contribution >= 0.6 is 0 Å². The third-order valence-electron chi connectivity index (χ3n) is 4.49. The van der Waals surface area contributed by atoms with Crippen molar-refractivity contribution in [1.29, 1.82) is 0 Å². The van der Waals surface area contributed by atoms with Crippen LogP contribution < -0.4 is 4.90 Å². The molecule has 2 aliphatic rings. The molecule has 0 spiro atoms. The van der Waals surface area contributed by atoms with Gasteiger partial charge in [0.1, 0.15) is 6.54 Å². The molecule has 0 aromatic heterocycles. The molecule has 1 fully saturated rings. The molecule has 0 atom stereocenters. The lowest BCUT2D eigenvalue weighted by Crippen LogP contribution is -3.14. The highest BCUT2D eigenvalue weighted by atomic mass is 16.2. The van der Waals surface area contributed by atoms with E-state index in [2.05, 4.69) is 6.92 Å². The minimum atomic E-state index is -0.369. The van der Waals surface area contributed by atoms with Crippen molar-refractivity contribution in [2.24, 2.45) is 0 Å². The van der Waals surface area contributed by atoms with Crippen LogP contribution in [-0.4, -0.2) is 66.8 Å². The van der Waals surface area contributed by atoms with E-state index in [1.165, 1.54) is 4.90 Å². The summed E-state index contributed by atoms with van der Waals surface area (Å²) in [6, 6.07) is 6.71. The highest BCUT2D eigenvalue weighted by Crippen LogP contribution is 2.22. The van der Waals surface area contributed by atoms with E-state index in [1.54, 1.807) is 29.2 Å². The first-order valence-electron chi connectivity index (χ1n) is 7.68. The topological polar surface area (TPSA) is 62.1 Å². The molecule has 1 N–H and O–H groups in total. The molecule has 3 amide bonds. The zero-order chi connectivity index (χ0) is 15.7. The number of imide groups is 1. The van der Waals surface area contributed by atoms with E-state index < -0.39 is 0 Å². The second-order valence-electron chi connectivity index (χ2n) is 5.73. The predicted octanol–water partition coefficient (Wildman–Crippen LogP) is -0.970. The molecule has 6 nitrogen and oxygen atoms in total. The van der Waals surface area contributed by atoms with E-state index in [1.807, 2.05) is 0 Å². The fraction of sp³-hybridized carbons (Fsp3) is 0.438. The van der Waals surface area contributed by atoms with Gasteiger partial charge in [-0.05, 0) is 19.1 Å². The van der Waals surface area contributed by atoms with Crippen LogP contribution in [0.4, 0.5) is 0 Å². The molecular formula is C16H20N3O3+. The first-order chi connectivity index (χ1) is 10.6. The van der Waals surface area contributed by atoms with Crippen molar-refractivity contribution < 1.29 is 19.3 Å². The van der Waals surface area contributed by atoms with Gasteiger partial charge in [0.25, 0.3) is 11.8 Å². The minimum absolute atomic E-state index is 0.148. The summed E-state index contributed by atoms with van der Waals surface area (Å²) in [6.07, 6.45) is 0.